The molecule has 1 N–H and O–H groups in total. The molecule has 0 atom stereocenters. The molecule has 1 aliphatic heterocycles. The number of nitrogens with one attached hydrogen (secondary N) is 1. The summed E-state index contributed by atoms with van der Waals surface area (Å²) in [5, 5.41) is 3.33. The van der Waals surface area contributed by atoms with E-state index >= 15 is 0 Å². The van der Waals surface area contributed by atoms with Crippen LogP contribution in [-0.2, 0) is 9.53 Å². The molecular weight excluding hydrogens is 424 g/mol. The van der Waals surface area contributed by atoms with E-state index in [-0.39, 0.29) is 11.9 Å². The number of hydrogen-bond donors (Lipinski definition) is 1. The van der Waals surface area contributed by atoms with Gasteiger partial charge in [-0.2, -0.15) is 0 Å². The van der Waals surface area contributed by atoms with Crippen LogP contribution in [0.5, 0.6) is 0 Å². The number of ether oxygens (including phenoxy) is 1. The lowest BCUT2D eigenvalue weighted by molar-refractivity contribution is -0.115. The average Bonchev–Trinajstić information content (AvgIpc) is 3.34. The summed E-state index contributed by atoms with van der Waals surface area (Å²) in [5.74, 6) is 0.626. The van der Waals surface area contributed by atoms with Crippen molar-refractivity contribution in [3.8, 4) is 11.3 Å². The highest BCUT2D eigenvalue weighted by Crippen LogP contribution is 2.30. The van der Waals surface area contributed by atoms with E-state index in [9.17, 15) is 9.59 Å². The third kappa shape index (κ3) is 5.00. The lowest BCUT2D eigenvalue weighted by Gasteiger charge is -2.02. The van der Waals surface area contributed by atoms with E-state index in [2.05, 4.69) is 16.4 Å². The number of aliphatic imine (C=N–C) groups is 1. The molecule has 2 heterocycles. The third-order valence-corrected chi connectivity index (χ3v) is 5.58. The SMILES string of the molecule is CCOC(=O)c1ccc(-c2ccc(/C=C3\SC(=Nc4cc(C)cc(C)c4)NC3=O)o2)cc1. The van der Waals surface area contributed by atoms with Gasteiger partial charge in [-0.15, -0.1) is 0 Å². The summed E-state index contributed by atoms with van der Waals surface area (Å²) in [6, 6.07) is 16.6. The van der Waals surface area contributed by atoms with Crippen LogP contribution >= 0.6 is 11.8 Å². The topological polar surface area (TPSA) is 80.9 Å². The van der Waals surface area contributed by atoms with E-state index in [0.717, 1.165) is 22.4 Å². The zero-order valence-corrected chi connectivity index (χ0v) is 18.8. The second-order valence-corrected chi connectivity index (χ2v) is 8.36. The van der Waals surface area contributed by atoms with Crippen molar-refractivity contribution >= 4 is 40.6 Å². The van der Waals surface area contributed by atoms with Crippen molar-refractivity contribution in [3.05, 3.63) is 82.0 Å². The van der Waals surface area contributed by atoms with E-state index in [1.807, 2.05) is 32.0 Å². The minimum Gasteiger partial charge on any atom is -0.462 e. The van der Waals surface area contributed by atoms with Crippen LogP contribution in [0.2, 0.25) is 0 Å². The maximum atomic E-state index is 12.4. The summed E-state index contributed by atoms with van der Waals surface area (Å²) in [4.78, 5) is 29.2. The third-order valence-electron chi connectivity index (χ3n) is 4.67. The van der Waals surface area contributed by atoms with Gasteiger partial charge in [0.2, 0.25) is 0 Å². The number of nitrogens with zero attached hydrogens (tertiary/aromatic N) is 1. The summed E-state index contributed by atoms with van der Waals surface area (Å²) in [5.41, 5.74) is 4.35. The molecule has 1 fully saturated rings. The number of thioether (sulfide) groups is 1. The molecule has 1 saturated heterocycles. The van der Waals surface area contributed by atoms with E-state index in [1.54, 1.807) is 43.3 Å². The standard InChI is InChI=1S/C25H22N2O4S/c1-4-30-24(29)18-7-5-17(6-8-18)21-10-9-20(31-21)14-22-23(28)27-25(32-22)26-19-12-15(2)11-16(3)13-19/h5-14H,4H2,1-3H3,(H,26,27,28)/b22-14-. The largest absolute Gasteiger partial charge is 0.462 e. The van der Waals surface area contributed by atoms with Crippen molar-refractivity contribution in [2.45, 2.75) is 20.8 Å². The van der Waals surface area contributed by atoms with Gasteiger partial charge in [-0.3, -0.25) is 4.79 Å². The zero-order valence-electron chi connectivity index (χ0n) is 18.0. The molecule has 2 aromatic carbocycles. The van der Waals surface area contributed by atoms with Crippen molar-refractivity contribution in [1.29, 1.82) is 0 Å². The number of esters is 1. The first-order valence-corrected chi connectivity index (χ1v) is 11.0. The molecule has 0 unspecified atom stereocenters. The maximum absolute atomic E-state index is 12.4. The fraction of sp³-hybridized carbons (Fsp3) is 0.160. The smallest absolute Gasteiger partial charge is 0.338 e. The van der Waals surface area contributed by atoms with Gasteiger partial charge < -0.3 is 14.5 Å². The lowest BCUT2D eigenvalue weighted by Crippen LogP contribution is -2.19. The second-order valence-electron chi connectivity index (χ2n) is 7.33. The number of carbonyl (C=O) groups excluding carboxylic acids is 2. The molecular formula is C25H22N2O4S. The minimum atomic E-state index is -0.355. The van der Waals surface area contributed by atoms with Crippen molar-refractivity contribution < 1.29 is 18.7 Å². The molecule has 162 valence electrons. The van der Waals surface area contributed by atoms with Crippen molar-refractivity contribution in [3.63, 3.8) is 0 Å². The van der Waals surface area contributed by atoms with Crippen LogP contribution in [0.1, 0.15) is 34.2 Å². The van der Waals surface area contributed by atoms with Crippen LogP contribution in [-0.4, -0.2) is 23.7 Å². The minimum absolute atomic E-state index is 0.213. The number of benzene rings is 2. The number of hydrogen-bond acceptors (Lipinski definition) is 6. The average molecular weight is 447 g/mol. The molecule has 7 heteroatoms. The Hall–Kier alpha value is -3.58. The molecule has 0 bridgehead atoms. The van der Waals surface area contributed by atoms with Crippen LogP contribution in [0.4, 0.5) is 5.69 Å². The molecule has 4 rings (SSSR count). The number of furan rings is 1. The fourth-order valence-corrected chi connectivity index (χ4v) is 4.13. The molecule has 1 amide bonds. The summed E-state index contributed by atoms with van der Waals surface area (Å²) < 4.78 is 10.9. The number of carbonyl (C=O) groups is 2. The molecule has 3 aromatic rings. The summed E-state index contributed by atoms with van der Waals surface area (Å²) >= 11 is 1.27. The van der Waals surface area contributed by atoms with E-state index in [1.165, 1.54) is 11.8 Å². The first-order valence-electron chi connectivity index (χ1n) is 10.2. The van der Waals surface area contributed by atoms with Gasteiger partial charge >= 0.3 is 5.97 Å². The Kier molecular flexibility index (Phi) is 6.28. The number of rotatable bonds is 5. The molecule has 0 spiro atoms. The Labute approximate surface area is 190 Å². The van der Waals surface area contributed by atoms with E-state index < -0.39 is 0 Å². The maximum Gasteiger partial charge on any atom is 0.338 e. The monoisotopic (exact) mass is 446 g/mol. The van der Waals surface area contributed by atoms with Gasteiger partial charge in [0.25, 0.3) is 5.91 Å². The van der Waals surface area contributed by atoms with Gasteiger partial charge in [0.05, 0.1) is 22.8 Å². The highest BCUT2D eigenvalue weighted by Gasteiger charge is 2.24. The Balaban J connectivity index is 1.50. The molecule has 0 aliphatic carbocycles. The van der Waals surface area contributed by atoms with E-state index in [4.69, 9.17) is 9.15 Å². The van der Waals surface area contributed by atoms with Crippen molar-refractivity contribution in [1.82, 2.24) is 5.32 Å². The molecule has 1 aromatic heterocycles. The summed E-state index contributed by atoms with van der Waals surface area (Å²) in [7, 11) is 0. The zero-order chi connectivity index (χ0) is 22.7. The van der Waals surface area contributed by atoms with Crippen molar-refractivity contribution in [2.75, 3.05) is 6.61 Å². The van der Waals surface area contributed by atoms with Gasteiger partial charge in [-0.05, 0) is 80.1 Å². The quantitative estimate of drug-likeness (QED) is 0.406. The predicted molar refractivity (Wildman–Crippen MR) is 127 cm³/mol. The molecule has 0 radical (unpaired) electrons. The Morgan fingerprint density at radius 3 is 2.50 bits per heavy atom. The van der Waals surface area contributed by atoms with Crippen LogP contribution < -0.4 is 5.32 Å². The van der Waals surface area contributed by atoms with Crippen LogP contribution in [0, 0.1) is 13.8 Å². The Morgan fingerprint density at radius 2 is 1.81 bits per heavy atom. The first kappa shape index (κ1) is 21.6. The van der Waals surface area contributed by atoms with Crippen molar-refractivity contribution in [2.24, 2.45) is 4.99 Å². The Morgan fingerprint density at radius 1 is 1.09 bits per heavy atom. The molecule has 32 heavy (non-hydrogen) atoms. The fourth-order valence-electron chi connectivity index (χ4n) is 3.31. The van der Waals surface area contributed by atoms with Gasteiger partial charge in [-0.1, -0.05) is 18.2 Å². The number of aryl methyl sites for hydroxylation is 2. The van der Waals surface area contributed by atoms with Crippen LogP contribution in [0.15, 0.2) is 68.9 Å². The van der Waals surface area contributed by atoms with Crippen LogP contribution in [0.3, 0.4) is 0 Å². The van der Waals surface area contributed by atoms with Gasteiger partial charge in [0.1, 0.15) is 11.5 Å². The molecule has 6 nitrogen and oxygen atoms in total. The van der Waals surface area contributed by atoms with Gasteiger partial charge in [-0.25, -0.2) is 9.79 Å². The lowest BCUT2D eigenvalue weighted by atomic mass is 10.1. The highest BCUT2D eigenvalue weighted by atomic mass is 32.2. The van der Waals surface area contributed by atoms with Gasteiger partial charge in [0.15, 0.2) is 5.17 Å². The number of amidine groups is 1. The number of amides is 1. The van der Waals surface area contributed by atoms with Crippen LogP contribution in [0.25, 0.3) is 17.4 Å². The summed E-state index contributed by atoms with van der Waals surface area (Å²) in [6.07, 6.45) is 1.69. The second kappa shape index (κ2) is 9.28. The Bertz CT molecular complexity index is 1220. The van der Waals surface area contributed by atoms with Gasteiger partial charge in [0, 0.05) is 11.6 Å². The first-order chi connectivity index (χ1) is 15.4. The summed E-state index contributed by atoms with van der Waals surface area (Å²) in [6.45, 7) is 6.13. The molecule has 0 saturated carbocycles. The predicted octanol–water partition coefficient (Wildman–Crippen LogP) is 5.63. The highest BCUT2D eigenvalue weighted by molar-refractivity contribution is 8.18. The van der Waals surface area contributed by atoms with E-state index in [0.29, 0.717) is 33.8 Å². The normalized spacial score (nSPS) is 15.9. The molecule has 1 aliphatic rings.